The molecule has 3 heteroatoms. The Morgan fingerprint density at radius 1 is 0.773 bits per heavy atom. The van der Waals surface area contributed by atoms with Crippen molar-refractivity contribution in [2.24, 2.45) is 17.0 Å². The maximum Gasteiger partial charge on any atom is 0.0775 e. The van der Waals surface area contributed by atoms with E-state index in [0.717, 1.165) is 23.7 Å². The second kappa shape index (κ2) is 6.51. The lowest BCUT2D eigenvalue weighted by Gasteiger charge is -2.47. The lowest BCUT2D eigenvalue weighted by atomic mass is 9.83. The zero-order valence-electron chi connectivity index (χ0n) is 13.9. The van der Waals surface area contributed by atoms with Gasteiger partial charge in [-0.15, -0.1) is 0 Å². The van der Waals surface area contributed by atoms with E-state index in [1.165, 1.54) is 83.5 Å². The van der Waals surface area contributed by atoms with Crippen molar-refractivity contribution in [3.63, 3.8) is 0 Å². The molecule has 1 N–H and O–H groups in total. The van der Waals surface area contributed by atoms with Crippen molar-refractivity contribution in [2.45, 2.75) is 102 Å². The predicted molar refractivity (Wildman–Crippen MR) is 89.4 cm³/mol. The van der Waals surface area contributed by atoms with E-state index in [1.54, 1.807) is 0 Å². The molecule has 0 amide bonds. The van der Waals surface area contributed by atoms with E-state index in [2.05, 4.69) is 10.1 Å². The van der Waals surface area contributed by atoms with Gasteiger partial charge in [-0.1, -0.05) is 43.7 Å². The van der Waals surface area contributed by atoms with Gasteiger partial charge in [-0.3, -0.25) is 4.90 Å². The molecule has 4 fully saturated rings. The summed E-state index contributed by atoms with van der Waals surface area (Å²) < 4.78 is 0. The minimum atomic E-state index is 0.481. The van der Waals surface area contributed by atoms with Crippen LogP contribution in [0.3, 0.4) is 0 Å². The first-order valence-corrected chi connectivity index (χ1v) is 9.87. The quantitative estimate of drug-likeness (QED) is 0.612. The SMILES string of the molecule is O/N=C1\[C@H]2CC[C@H](C2)[C@H]1N(C1CCCCC1)C1CCCCC1. The normalized spacial score (nSPS) is 39.1. The summed E-state index contributed by atoms with van der Waals surface area (Å²) >= 11 is 0. The van der Waals surface area contributed by atoms with Crippen LogP contribution in [0.25, 0.3) is 0 Å². The largest absolute Gasteiger partial charge is 0.411 e. The van der Waals surface area contributed by atoms with Crippen molar-refractivity contribution in [2.75, 3.05) is 0 Å². The van der Waals surface area contributed by atoms with Crippen molar-refractivity contribution in [1.82, 2.24) is 4.90 Å². The fraction of sp³-hybridized carbons (Fsp3) is 0.947. The fourth-order valence-corrected chi connectivity index (χ4v) is 6.10. The molecule has 2 bridgehead atoms. The summed E-state index contributed by atoms with van der Waals surface area (Å²) in [5, 5.41) is 13.5. The van der Waals surface area contributed by atoms with E-state index in [0.29, 0.717) is 12.0 Å². The maximum atomic E-state index is 9.67. The Balaban J connectivity index is 1.61. The van der Waals surface area contributed by atoms with Crippen molar-refractivity contribution >= 4 is 5.71 Å². The molecule has 0 spiro atoms. The molecular formula is C19H32N2O. The molecule has 4 aliphatic rings. The number of oxime groups is 1. The molecule has 4 aliphatic carbocycles. The first-order valence-electron chi connectivity index (χ1n) is 9.87. The molecule has 0 aliphatic heterocycles. The fourth-order valence-electron chi connectivity index (χ4n) is 6.10. The molecule has 124 valence electrons. The number of hydrogen-bond acceptors (Lipinski definition) is 3. The Morgan fingerprint density at radius 3 is 1.91 bits per heavy atom. The van der Waals surface area contributed by atoms with Crippen molar-refractivity contribution in [1.29, 1.82) is 0 Å². The average Bonchev–Trinajstić information content (AvgIpc) is 3.18. The van der Waals surface area contributed by atoms with Crippen LogP contribution in [0.15, 0.2) is 5.16 Å². The second-order valence-corrected chi connectivity index (χ2v) is 8.27. The molecule has 4 saturated carbocycles. The first kappa shape index (κ1) is 15.0. The highest BCUT2D eigenvalue weighted by atomic mass is 16.4. The van der Waals surface area contributed by atoms with E-state index in [9.17, 15) is 5.21 Å². The van der Waals surface area contributed by atoms with Crippen LogP contribution < -0.4 is 0 Å². The van der Waals surface area contributed by atoms with Gasteiger partial charge >= 0.3 is 0 Å². The van der Waals surface area contributed by atoms with Crippen LogP contribution in [0.5, 0.6) is 0 Å². The van der Waals surface area contributed by atoms with Crippen LogP contribution in [0, 0.1) is 11.8 Å². The highest BCUT2D eigenvalue weighted by Gasteiger charge is 2.50. The van der Waals surface area contributed by atoms with Gasteiger partial charge in [0, 0.05) is 18.0 Å². The average molecular weight is 304 g/mol. The minimum absolute atomic E-state index is 0.481. The Labute approximate surface area is 135 Å². The van der Waals surface area contributed by atoms with Crippen molar-refractivity contribution < 1.29 is 5.21 Å². The van der Waals surface area contributed by atoms with Gasteiger partial charge < -0.3 is 5.21 Å². The van der Waals surface area contributed by atoms with Gasteiger partial charge in [0.1, 0.15) is 0 Å². The van der Waals surface area contributed by atoms with Gasteiger partial charge in [0.15, 0.2) is 0 Å². The summed E-state index contributed by atoms with van der Waals surface area (Å²) in [6, 6.07) is 2.01. The molecule has 0 unspecified atom stereocenters. The molecule has 0 radical (unpaired) electrons. The van der Waals surface area contributed by atoms with Crippen LogP contribution in [0.2, 0.25) is 0 Å². The van der Waals surface area contributed by atoms with Crippen LogP contribution >= 0.6 is 0 Å². The molecule has 0 aromatic carbocycles. The van der Waals surface area contributed by atoms with Crippen LogP contribution in [-0.2, 0) is 0 Å². The number of fused-ring (bicyclic) bond motifs is 2. The zero-order valence-corrected chi connectivity index (χ0v) is 13.9. The summed E-state index contributed by atoms with van der Waals surface area (Å²) in [5.74, 6) is 1.37. The Hall–Kier alpha value is -0.570. The summed E-state index contributed by atoms with van der Waals surface area (Å²) in [7, 11) is 0. The van der Waals surface area contributed by atoms with E-state index < -0.39 is 0 Å². The molecule has 4 rings (SSSR count). The van der Waals surface area contributed by atoms with Crippen LogP contribution in [0.1, 0.15) is 83.5 Å². The lowest BCUT2D eigenvalue weighted by Crippen LogP contribution is -2.55. The van der Waals surface area contributed by atoms with Gasteiger partial charge in [0.25, 0.3) is 0 Å². The monoisotopic (exact) mass is 304 g/mol. The van der Waals surface area contributed by atoms with E-state index in [-0.39, 0.29) is 0 Å². The number of nitrogens with zero attached hydrogens (tertiary/aromatic N) is 2. The first-order chi connectivity index (χ1) is 10.9. The van der Waals surface area contributed by atoms with E-state index in [4.69, 9.17) is 0 Å². The minimum Gasteiger partial charge on any atom is -0.411 e. The molecule has 0 aromatic heterocycles. The molecule has 22 heavy (non-hydrogen) atoms. The summed E-state index contributed by atoms with van der Waals surface area (Å²) in [4.78, 5) is 2.90. The van der Waals surface area contributed by atoms with Gasteiger partial charge in [-0.2, -0.15) is 0 Å². The molecule has 0 heterocycles. The highest BCUT2D eigenvalue weighted by molar-refractivity contribution is 5.94. The lowest BCUT2D eigenvalue weighted by molar-refractivity contribution is 0.0426. The standard InChI is InChI=1S/C19H32N2O/c22-20-18-14-11-12-15(13-14)19(18)21(16-7-3-1-4-8-16)17-9-5-2-6-10-17/h14-17,19,22H,1-13H2/b20-18+/t14-,15+,19+/m0/s1. The molecule has 0 saturated heterocycles. The van der Waals surface area contributed by atoms with Gasteiger partial charge in [-0.05, 0) is 50.9 Å². The number of rotatable bonds is 3. The van der Waals surface area contributed by atoms with Gasteiger partial charge in [-0.25, -0.2) is 0 Å². The predicted octanol–water partition coefficient (Wildman–Crippen LogP) is 4.58. The third-order valence-corrected chi connectivity index (χ3v) is 7.07. The summed E-state index contributed by atoms with van der Waals surface area (Å²) in [6.07, 6.45) is 17.9. The van der Waals surface area contributed by atoms with Crippen LogP contribution in [0.4, 0.5) is 0 Å². The van der Waals surface area contributed by atoms with Gasteiger partial charge in [0.05, 0.1) is 11.8 Å². The van der Waals surface area contributed by atoms with Crippen molar-refractivity contribution in [3.05, 3.63) is 0 Å². The molecular weight excluding hydrogens is 272 g/mol. The Kier molecular flexibility index (Phi) is 4.43. The molecule has 3 atom stereocenters. The maximum absolute atomic E-state index is 9.67. The Bertz CT molecular complexity index is 392. The third-order valence-electron chi connectivity index (χ3n) is 7.07. The summed E-state index contributed by atoms with van der Waals surface area (Å²) in [6.45, 7) is 0. The Morgan fingerprint density at radius 2 is 1.36 bits per heavy atom. The highest BCUT2D eigenvalue weighted by Crippen LogP contribution is 2.47. The van der Waals surface area contributed by atoms with Crippen molar-refractivity contribution in [3.8, 4) is 0 Å². The molecule has 0 aromatic rings. The number of hydrogen-bond donors (Lipinski definition) is 1. The van der Waals surface area contributed by atoms with E-state index >= 15 is 0 Å². The van der Waals surface area contributed by atoms with Crippen LogP contribution in [-0.4, -0.2) is 33.9 Å². The smallest absolute Gasteiger partial charge is 0.0775 e. The molecule has 3 nitrogen and oxygen atoms in total. The second-order valence-electron chi connectivity index (χ2n) is 8.27. The summed E-state index contributed by atoms with van der Waals surface area (Å²) in [5.41, 5.74) is 1.16. The van der Waals surface area contributed by atoms with E-state index in [1.807, 2.05) is 0 Å². The zero-order chi connectivity index (χ0) is 14.9. The topological polar surface area (TPSA) is 35.8 Å². The third kappa shape index (κ3) is 2.60. The van der Waals surface area contributed by atoms with Gasteiger partial charge in [0.2, 0.25) is 0 Å².